The highest BCUT2D eigenvalue weighted by molar-refractivity contribution is 7.25. The summed E-state index contributed by atoms with van der Waals surface area (Å²) in [7, 11) is 0. The monoisotopic (exact) mass is 742 g/mol. The van der Waals surface area contributed by atoms with E-state index in [-0.39, 0.29) is 12.0 Å². The molecule has 0 fully saturated rings. The number of aliphatic imine (C=N–C) groups is 2. The highest BCUT2D eigenvalue weighted by atomic mass is 32.1. The summed E-state index contributed by atoms with van der Waals surface area (Å²) in [5.74, 6) is 0.923. The first-order chi connectivity index (χ1) is 27.2. The van der Waals surface area contributed by atoms with Gasteiger partial charge in [-0.05, 0) is 78.2 Å². The second-order valence-electron chi connectivity index (χ2n) is 14.2. The summed E-state index contributed by atoms with van der Waals surface area (Å²) in [6.45, 7) is 2.26. The van der Waals surface area contributed by atoms with Crippen LogP contribution < -0.4 is 0 Å². The zero-order chi connectivity index (χ0) is 36.5. The van der Waals surface area contributed by atoms with Gasteiger partial charge in [0, 0.05) is 53.7 Å². The summed E-state index contributed by atoms with van der Waals surface area (Å²) in [6, 6.07) is 59.0. The second kappa shape index (κ2) is 13.0. The van der Waals surface area contributed by atoms with E-state index in [0.717, 1.165) is 50.9 Å². The fourth-order valence-corrected chi connectivity index (χ4v) is 10.5. The summed E-state index contributed by atoms with van der Waals surface area (Å²) >= 11 is 3.58. The van der Waals surface area contributed by atoms with Crippen molar-refractivity contribution >= 4 is 86.4 Å². The Morgan fingerprint density at radius 1 is 0.545 bits per heavy atom. The summed E-state index contributed by atoms with van der Waals surface area (Å²) in [4.78, 5) is 15.8. The molecule has 0 saturated heterocycles. The normalized spacial score (nSPS) is 16.0. The van der Waals surface area contributed by atoms with Crippen molar-refractivity contribution in [1.29, 1.82) is 0 Å². The molecule has 10 aromatic rings. The van der Waals surface area contributed by atoms with Crippen molar-refractivity contribution in [2.45, 2.75) is 19.4 Å². The molecule has 0 bridgehead atoms. The van der Waals surface area contributed by atoms with Gasteiger partial charge in [-0.3, -0.25) is 4.99 Å². The van der Waals surface area contributed by atoms with Crippen molar-refractivity contribution < 1.29 is 0 Å². The number of aromatic nitrogens is 2. The fourth-order valence-electron chi connectivity index (χ4n) is 8.41. The first-order valence-corrected chi connectivity index (χ1v) is 20.5. The van der Waals surface area contributed by atoms with Gasteiger partial charge in [0.15, 0.2) is 5.84 Å². The van der Waals surface area contributed by atoms with E-state index in [4.69, 9.17) is 15.0 Å². The molecule has 11 rings (SSSR count). The van der Waals surface area contributed by atoms with E-state index < -0.39 is 0 Å². The highest BCUT2D eigenvalue weighted by Gasteiger charge is 2.32. The Bertz CT molecular complexity index is 3110. The number of nitrogens with zero attached hydrogens (tertiary/aromatic N) is 4. The zero-order valence-corrected chi connectivity index (χ0v) is 31.7. The van der Waals surface area contributed by atoms with Gasteiger partial charge in [0.2, 0.25) is 0 Å². The Hall–Kier alpha value is -6.21. The molecule has 0 N–H and O–H groups in total. The third kappa shape index (κ3) is 5.36. The molecule has 0 saturated carbocycles. The van der Waals surface area contributed by atoms with Gasteiger partial charge in [-0.2, -0.15) is 0 Å². The van der Waals surface area contributed by atoms with Gasteiger partial charge >= 0.3 is 0 Å². The van der Waals surface area contributed by atoms with Crippen LogP contribution in [0.25, 0.3) is 68.5 Å². The number of benzene rings is 7. The summed E-state index contributed by atoms with van der Waals surface area (Å²) in [5.41, 5.74) is 10.1. The molecule has 2 atom stereocenters. The van der Waals surface area contributed by atoms with Crippen LogP contribution in [0.3, 0.4) is 0 Å². The number of hydrogen-bond acceptors (Lipinski definition) is 5. The molecule has 0 spiro atoms. The molecule has 3 aromatic heterocycles. The third-order valence-electron chi connectivity index (χ3n) is 11.1. The van der Waals surface area contributed by atoms with E-state index in [1.54, 1.807) is 11.3 Å². The molecular weight excluding hydrogens is 709 g/mol. The zero-order valence-electron chi connectivity index (χ0n) is 30.1. The topological polar surface area (TPSA) is 42.5 Å². The summed E-state index contributed by atoms with van der Waals surface area (Å²) in [5, 5.41) is 6.04. The molecule has 2 unspecified atom stereocenters. The third-order valence-corrected chi connectivity index (χ3v) is 13.3. The minimum Gasteiger partial charge on any atom is -0.309 e. The Morgan fingerprint density at radius 2 is 1.24 bits per heavy atom. The molecule has 0 aliphatic carbocycles. The number of thiazole rings is 1. The van der Waals surface area contributed by atoms with Crippen LogP contribution in [0, 0.1) is 5.92 Å². The Balaban J connectivity index is 1.04. The number of hydrogen-bond donors (Lipinski definition) is 0. The number of thiophene rings is 1. The highest BCUT2D eigenvalue weighted by Crippen LogP contribution is 2.40. The Kier molecular flexibility index (Phi) is 7.61. The number of fused-ring (bicyclic) bond motifs is 7. The molecule has 0 amide bonds. The molecule has 55 heavy (non-hydrogen) atoms. The standard InChI is InChI=1S/C49H34N4S2/c1-2-35-46(30-12-4-3-5-13-30)51-48(32-23-27-44-39(28-32)38-15-7-10-18-43(38)54-44)52-47(35)31-20-24-34(25-21-31)53-41-17-9-6-14-36(41)37-26-22-33(29-42(37)53)49-50-40-16-8-11-19-45(40)55-49/h3-29,35,46H,2H2,1H3. The van der Waals surface area contributed by atoms with Crippen LogP contribution in [-0.2, 0) is 0 Å². The van der Waals surface area contributed by atoms with E-state index >= 15 is 0 Å². The van der Waals surface area contributed by atoms with Gasteiger partial charge in [0.25, 0.3) is 0 Å². The molecule has 1 aliphatic heterocycles. The van der Waals surface area contributed by atoms with Crippen LogP contribution in [0.4, 0.5) is 0 Å². The van der Waals surface area contributed by atoms with Crippen molar-refractivity contribution in [3.63, 3.8) is 0 Å². The van der Waals surface area contributed by atoms with Gasteiger partial charge in [0.05, 0.1) is 33.0 Å². The van der Waals surface area contributed by atoms with Crippen LogP contribution in [-0.4, -0.2) is 21.1 Å². The van der Waals surface area contributed by atoms with Gasteiger partial charge in [0.1, 0.15) is 5.01 Å². The van der Waals surface area contributed by atoms with E-state index in [2.05, 4.69) is 175 Å². The first-order valence-electron chi connectivity index (χ1n) is 18.8. The first kappa shape index (κ1) is 32.2. The largest absolute Gasteiger partial charge is 0.309 e. The lowest BCUT2D eigenvalue weighted by Crippen LogP contribution is -2.28. The molecule has 0 radical (unpaired) electrons. The van der Waals surface area contributed by atoms with E-state index in [9.17, 15) is 0 Å². The molecular formula is C49H34N4S2. The van der Waals surface area contributed by atoms with E-state index in [0.29, 0.717) is 0 Å². The lowest BCUT2D eigenvalue weighted by molar-refractivity contribution is 0.532. The fraction of sp³-hybridized carbons (Fsp3) is 0.0816. The maximum Gasteiger partial charge on any atom is 0.155 e. The Morgan fingerprint density at radius 3 is 2.07 bits per heavy atom. The van der Waals surface area contributed by atoms with E-state index in [1.807, 2.05) is 11.3 Å². The van der Waals surface area contributed by atoms with Crippen LogP contribution in [0.1, 0.15) is 36.1 Å². The van der Waals surface area contributed by atoms with Crippen LogP contribution in [0.5, 0.6) is 0 Å². The van der Waals surface area contributed by atoms with Gasteiger partial charge < -0.3 is 4.57 Å². The molecule has 7 aromatic carbocycles. The maximum absolute atomic E-state index is 5.43. The average molecular weight is 743 g/mol. The number of rotatable bonds is 6. The lowest BCUT2D eigenvalue weighted by atomic mass is 9.83. The predicted molar refractivity (Wildman–Crippen MR) is 235 cm³/mol. The SMILES string of the molecule is CCC1C(c2ccc(-n3c4ccccc4c4ccc(-c5nc6ccccc6s5)cc43)cc2)=NC(c2ccc3sc4ccccc4c3c2)=NC1c1ccccc1. The predicted octanol–water partition coefficient (Wildman–Crippen LogP) is 13.4. The smallest absolute Gasteiger partial charge is 0.155 e. The Labute approximate surface area is 326 Å². The maximum atomic E-state index is 5.43. The molecule has 6 heteroatoms. The lowest BCUT2D eigenvalue weighted by Gasteiger charge is -2.30. The average Bonchev–Trinajstić information content (AvgIpc) is 3.95. The van der Waals surface area contributed by atoms with Crippen LogP contribution >= 0.6 is 22.7 Å². The van der Waals surface area contributed by atoms with Crippen molar-refractivity contribution in [2.75, 3.05) is 0 Å². The van der Waals surface area contributed by atoms with Gasteiger partial charge in [-0.15, -0.1) is 22.7 Å². The molecule has 262 valence electrons. The quantitative estimate of drug-likeness (QED) is 0.167. The van der Waals surface area contributed by atoms with Crippen molar-refractivity contribution in [2.24, 2.45) is 15.9 Å². The minimum absolute atomic E-state index is 0.0402. The summed E-state index contributed by atoms with van der Waals surface area (Å²) in [6.07, 6.45) is 0.923. The van der Waals surface area contributed by atoms with Crippen molar-refractivity contribution in [3.8, 4) is 16.3 Å². The van der Waals surface area contributed by atoms with Crippen LogP contribution in [0.2, 0.25) is 0 Å². The molecule has 1 aliphatic rings. The van der Waals surface area contributed by atoms with Crippen molar-refractivity contribution in [3.05, 3.63) is 180 Å². The van der Waals surface area contributed by atoms with Gasteiger partial charge in [-0.1, -0.05) is 110 Å². The number of amidine groups is 1. The minimum atomic E-state index is -0.0402. The van der Waals surface area contributed by atoms with Crippen LogP contribution in [0.15, 0.2) is 174 Å². The van der Waals surface area contributed by atoms with Crippen molar-refractivity contribution in [1.82, 2.24) is 9.55 Å². The second-order valence-corrected chi connectivity index (χ2v) is 16.4. The number of para-hydroxylation sites is 2. The van der Waals surface area contributed by atoms with E-state index in [1.165, 1.54) is 52.2 Å². The molecule has 4 nitrogen and oxygen atoms in total. The summed E-state index contributed by atoms with van der Waals surface area (Å²) < 4.78 is 6.18. The van der Waals surface area contributed by atoms with Gasteiger partial charge in [-0.25, -0.2) is 9.98 Å². The molecule has 4 heterocycles.